The summed E-state index contributed by atoms with van der Waals surface area (Å²) in [4.78, 5) is 4.14. The van der Waals surface area contributed by atoms with Crippen molar-refractivity contribution >= 4 is 0 Å². The Morgan fingerprint density at radius 3 is 3.07 bits per heavy atom. The van der Waals surface area contributed by atoms with Crippen molar-refractivity contribution in [2.24, 2.45) is 5.92 Å². The molecule has 0 aliphatic heterocycles. The first-order valence-corrected chi connectivity index (χ1v) is 6.17. The van der Waals surface area contributed by atoms with Crippen LogP contribution in [0.1, 0.15) is 44.1 Å². The lowest BCUT2D eigenvalue weighted by Crippen LogP contribution is -2.07. The van der Waals surface area contributed by atoms with E-state index >= 15 is 0 Å². The lowest BCUT2D eigenvalue weighted by molar-refractivity contribution is 0.412. The van der Waals surface area contributed by atoms with Crippen LogP contribution in [0.2, 0.25) is 0 Å². The van der Waals surface area contributed by atoms with Crippen molar-refractivity contribution in [1.29, 1.82) is 0 Å². The number of hydrogen-bond acceptors (Lipinski definition) is 1. The van der Waals surface area contributed by atoms with Crippen LogP contribution >= 0.6 is 0 Å². The van der Waals surface area contributed by atoms with Crippen molar-refractivity contribution < 1.29 is 0 Å². The molecular formula is C14H20N. The topological polar surface area (TPSA) is 12.9 Å². The average molecular weight is 202 g/mol. The molecule has 0 bridgehead atoms. The molecule has 1 aromatic heterocycles. The quantitative estimate of drug-likeness (QED) is 0.723. The number of aryl methyl sites for hydroxylation is 1. The highest BCUT2D eigenvalue weighted by molar-refractivity contribution is 5.08. The Bertz CT molecular complexity index is 262. The largest absolute Gasteiger partial charge is 0.264 e. The predicted octanol–water partition coefficient (Wildman–Crippen LogP) is 3.80. The van der Waals surface area contributed by atoms with Gasteiger partial charge < -0.3 is 0 Å². The van der Waals surface area contributed by atoms with Crippen molar-refractivity contribution in [1.82, 2.24) is 4.98 Å². The minimum absolute atomic E-state index is 0.899. The molecule has 1 nitrogen and oxygen atoms in total. The van der Waals surface area contributed by atoms with E-state index in [4.69, 9.17) is 0 Å². The molecule has 0 N–H and O–H groups in total. The maximum absolute atomic E-state index is 4.14. The minimum Gasteiger partial charge on any atom is -0.264 e. The highest BCUT2D eigenvalue weighted by atomic mass is 14.6. The van der Waals surface area contributed by atoms with Gasteiger partial charge in [0.15, 0.2) is 0 Å². The van der Waals surface area contributed by atoms with Crippen molar-refractivity contribution in [2.45, 2.75) is 44.9 Å². The smallest absolute Gasteiger partial charge is 0.0299 e. The highest BCUT2D eigenvalue weighted by Crippen LogP contribution is 2.26. The SMILES string of the molecule is [CH]1CCCCC1CCCc1cccnc1. The van der Waals surface area contributed by atoms with Gasteiger partial charge >= 0.3 is 0 Å². The van der Waals surface area contributed by atoms with Crippen LogP contribution in [0.25, 0.3) is 0 Å². The molecule has 0 aromatic carbocycles. The first kappa shape index (κ1) is 10.7. The summed E-state index contributed by atoms with van der Waals surface area (Å²) in [6.45, 7) is 0. The van der Waals surface area contributed by atoms with Gasteiger partial charge in [-0.2, -0.15) is 0 Å². The Kier molecular flexibility index (Phi) is 4.19. The summed E-state index contributed by atoms with van der Waals surface area (Å²) in [5, 5.41) is 0. The lowest BCUT2D eigenvalue weighted by atomic mass is 9.85. The van der Waals surface area contributed by atoms with Gasteiger partial charge in [-0.3, -0.25) is 4.98 Å². The van der Waals surface area contributed by atoms with E-state index in [1.54, 1.807) is 0 Å². The molecule has 1 fully saturated rings. The molecule has 15 heavy (non-hydrogen) atoms. The van der Waals surface area contributed by atoms with E-state index in [2.05, 4.69) is 17.5 Å². The van der Waals surface area contributed by atoms with Crippen molar-refractivity contribution in [3.8, 4) is 0 Å². The van der Waals surface area contributed by atoms with Crippen LogP contribution in [0.5, 0.6) is 0 Å². The molecule has 1 aromatic rings. The molecule has 1 atom stereocenters. The van der Waals surface area contributed by atoms with Gasteiger partial charge in [-0.05, 0) is 49.7 Å². The first-order chi connectivity index (χ1) is 7.45. The van der Waals surface area contributed by atoms with Gasteiger partial charge in [-0.1, -0.05) is 25.3 Å². The fraction of sp³-hybridized carbons (Fsp3) is 0.571. The summed E-state index contributed by atoms with van der Waals surface area (Å²) in [5.41, 5.74) is 1.38. The van der Waals surface area contributed by atoms with Crippen LogP contribution < -0.4 is 0 Å². The molecule has 1 aliphatic carbocycles. The summed E-state index contributed by atoms with van der Waals surface area (Å²) in [5.74, 6) is 0.899. The molecule has 2 rings (SSSR count). The van der Waals surface area contributed by atoms with Crippen LogP contribution in [0.3, 0.4) is 0 Å². The Labute approximate surface area is 92.9 Å². The minimum atomic E-state index is 0.899. The van der Waals surface area contributed by atoms with E-state index in [-0.39, 0.29) is 0 Å². The Morgan fingerprint density at radius 2 is 2.33 bits per heavy atom. The fourth-order valence-electron chi connectivity index (χ4n) is 2.40. The molecule has 1 aliphatic rings. The molecule has 1 heteroatoms. The summed E-state index contributed by atoms with van der Waals surface area (Å²) < 4.78 is 0. The average Bonchev–Trinajstić information content (AvgIpc) is 2.32. The maximum Gasteiger partial charge on any atom is 0.0299 e. The number of rotatable bonds is 4. The summed E-state index contributed by atoms with van der Waals surface area (Å²) in [6.07, 6.45) is 15.9. The Morgan fingerprint density at radius 1 is 1.33 bits per heavy atom. The third-order valence-electron chi connectivity index (χ3n) is 3.29. The van der Waals surface area contributed by atoms with E-state index < -0.39 is 0 Å². The van der Waals surface area contributed by atoms with Gasteiger partial charge in [-0.15, -0.1) is 0 Å². The normalized spacial score (nSPS) is 17.9. The predicted molar refractivity (Wildman–Crippen MR) is 63.4 cm³/mol. The Hall–Kier alpha value is -0.850. The Balaban J connectivity index is 1.66. The monoisotopic (exact) mass is 202 g/mol. The highest BCUT2D eigenvalue weighted by Gasteiger charge is 2.12. The summed E-state index contributed by atoms with van der Waals surface area (Å²) in [6, 6.07) is 4.21. The van der Waals surface area contributed by atoms with E-state index in [1.165, 1.54) is 50.5 Å². The standard InChI is InChI=1S/C14H20N/c1-2-6-13(7-3-1)8-4-9-14-10-5-11-15-12-14/h5-6,10-13H,1-4,7-9H2. The third kappa shape index (κ3) is 3.65. The molecule has 1 heterocycles. The molecule has 0 saturated heterocycles. The van der Waals surface area contributed by atoms with Crippen LogP contribution in [-0.4, -0.2) is 4.98 Å². The van der Waals surface area contributed by atoms with E-state index in [1.807, 2.05) is 18.5 Å². The van der Waals surface area contributed by atoms with Crippen LogP contribution in [0, 0.1) is 12.3 Å². The zero-order valence-corrected chi connectivity index (χ0v) is 9.36. The van der Waals surface area contributed by atoms with Crippen LogP contribution in [0.4, 0.5) is 0 Å². The van der Waals surface area contributed by atoms with Crippen LogP contribution in [-0.2, 0) is 6.42 Å². The fourth-order valence-corrected chi connectivity index (χ4v) is 2.40. The third-order valence-corrected chi connectivity index (χ3v) is 3.29. The molecule has 0 spiro atoms. The number of aromatic nitrogens is 1. The van der Waals surface area contributed by atoms with Gasteiger partial charge in [0, 0.05) is 12.4 Å². The zero-order chi connectivity index (χ0) is 10.3. The van der Waals surface area contributed by atoms with Crippen molar-refractivity contribution in [3.05, 3.63) is 36.5 Å². The number of hydrogen-bond donors (Lipinski definition) is 0. The van der Waals surface area contributed by atoms with Crippen molar-refractivity contribution in [2.75, 3.05) is 0 Å². The molecule has 1 unspecified atom stereocenters. The number of pyridine rings is 1. The van der Waals surface area contributed by atoms with E-state index in [0.29, 0.717) is 0 Å². The molecule has 1 radical (unpaired) electrons. The van der Waals surface area contributed by atoms with Crippen molar-refractivity contribution in [3.63, 3.8) is 0 Å². The lowest BCUT2D eigenvalue weighted by Gasteiger charge is -2.20. The zero-order valence-electron chi connectivity index (χ0n) is 9.36. The maximum atomic E-state index is 4.14. The van der Waals surface area contributed by atoms with Gasteiger partial charge in [0.05, 0.1) is 0 Å². The second-order valence-corrected chi connectivity index (χ2v) is 4.53. The van der Waals surface area contributed by atoms with E-state index in [0.717, 1.165) is 5.92 Å². The second kappa shape index (κ2) is 5.89. The molecule has 81 valence electrons. The molecular weight excluding hydrogens is 182 g/mol. The van der Waals surface area contributed by atoms with Gasteiger partial charge in [0.1, 0.15) is 0 Å². The van der Waals surface area contributed by atoms with E-state index in [9.17, 15) is 0 Å². The number of nitrogens with zero attached hydrogens (tertiary/aromatic N) is 1. The van der Waals surface area contributed by atoms with Gasteiger partial charge in [0.25, 0.3) is 0 Å². The second-order valence-electron chi connectivity index (χ2n) is 4.53. The molecule has 0 amide bonds. The van der Waals surface area contributed by atoms with Gasteiger partial charge in [0.2, 0.25) is 0 Å². The van der Waals surface area contributed by atoms with Gasteiger partial charge in [-0.25, -0.2) is 0 Å². The summed E-state index contributed by atoms with van der Waals surface area (Å²) in [7, 11) is 0. The molecule has 1 saturated carbocycles. The first-order valence-electron chi connectivity index (χ1n) is 6.17. The summed E-state index contributed by atoms with van der Waals surface area (Å²) >= 11 is 0. The van der Waals surface area contributed by atoms with Crippen LogP contribution in [0.15, 0.2) is 24.5 Å².